The first-order valence-electron chi connectivity index (χ1n) is 10.2. The first kappa shape index (κ1) is 19.1. The molecule has 0 unspecified atom stereocenters. The molecular weight excluding hydrogens is 384 g/mol. The zero-order valence-electron chi connectivity index (χ0n) is 17.8. The fraction of sp³-hybridized carbons (Fsp3) is 0.160. The molecule has 0 fully saturated rings. The second kappa shape index (κ2) is 7.09. The molecule has 0 saturated heterocycles. The third kappa shape index (κ3) is 3.57. The minimum absolute atomic E-state index is 0.0399. The lowest BCUT2D eigenvalue weighted by Gasteiger charge is -2.23. The summed E-state index contributed by atoms with van der Waals surface area (Å²) >= 11 is 0. The van der Waals surface area contributed by atoms with E-state index >= 15 is 0 Å². The highest BCUT2D eigenvalue weighted by Crippen LogP contribution is 2.32. The molecule has 0 atom stereocenters. The summed E-state index contributed by atoms with van der Waals surface area (Å²) in [6.07, 6.45) is 5.48. The number of nitrogens with zero attached hydrogens (tertiary/aromatic N) is 3. The molecule has 0 amide bonds. The molecule has 0 aliphatic heterocycles. The van der Waals surface area contributed by atoms with Crippen molar-refractivity contribution in [3.8, 4) is 22.5 Å². The van der Waals surface area contributed by atoms with E-state index in [1.165, 1.54) is 0 Å². The summed E-state index contributed by atoms with van der Waals surface area (Å²) in [5, 5.41) is 13.0. The van der Waals surface area contributed by atoms with Crippen LogP contribution in [0.2, 0.25) is 0 Å². The molecule has 5 aromatic rings. The van der Waals surface area contributed by atoms with E-state index in [0.717, 1.165) is 50.2 Å². The average Bonchev–Trinajstić information content (AvgIpc) is 3.36. The van der Waals surface area contributed by atoms with Crippen LogP contribution in [0.4, 0.5) is 5.69 Å². The average molecular weight is 409 g/mol. The van der Waals surface area contributed by atoms with Gasteiger partial charge in [0.05, 0.1) is 23.3 Å². The van der Waals surface area contributed by atoms with E-state index in [-0.39, 0.29) is 5.41 Å². The number of rotatable bonds is 4. The molecule has 6 nitrogen and oxygen atoms in total. The first-order valence-corrected chi connectivity index (χ1v) is 10.2. The lowest BCUT2D eigenvalue weighted by molar-refractivity contribution is 0.509. The van der Waals surface area contributed by atoms with Crippen LogP contribution in [0.5, 0.6) is 0 Å². The number of hydrogen-bond acceptors (Lipinski definition) is 4. The quantitative estimate of drug-likeness (QED) is 0.334. The maximum atomic E-state index is 4.57. The van der Waals surface area contributed by atoms with E-state index < -0.39 is 0 Å². The largest absolute Gasteiger partial charge is 0.358 e. The number of benzene rings is 1. The van der Waals surface area contributed by atoms with Gasteiger partial charge in [0, 0.05) is 50.9 Å². The van der Waals surface area contributed by atoms with Crippen molar-refractivity contribution in [2.45, 2.75) is 20.8 Å². The van der Waals surface area contributed by atoms with Crippen LogP contribution in [0.25, 0.3) is 44.5 Å². The van der Waals surface area contributed by atoms with Crippen LogP contribution in [-0.2, 0) is 0 Å². The van der Waals surface area contributed by atoms with Crippen LogP contribution in [0.15, 0.2) is 73.3 Å². The molecule has 0 bridgehead atoms. The summed E-state index contributed by atoms with van der Waals surface area (Å²) in [5.74, 6) is 0. The molecule has 0 spiro atoms. The number of fused-ring (bicyclic) bond motifs is 2. The number of aromatic nitrogens is 5. The first-order chi connectivity index (χ1) is 14.9. The molecule has 4 aromatic heterocycles. The standard InChI is InChI=1S/C25H24N6/c1-15(25(2,3)4)28-19-9-17(12-26-14-19)18-10-20-23(30-31-24(20)27-13-18)22-11-16-7-5-6-8-21(16)29-22/h5-14,28-29H,1H2,2-4H3,(H,27,30,31). The van der Waals surface area contributed by atoms with E-state index in [9.17, 15) is 0 Å². The molecule has 0 aliphatic rings. The van der Waals surface area contributed by atoms with Crippen molar-refractivity contribution in [2.24, 2.45) is 5.41 Å². The van der Waals surface area contributed by atoms with Gasteiger partial charge in [0.2, 0.25) is 0 Å². The Labute approximate surface area is 180 Å². The van der Waals surface area contributed by atoms with Gasteiger partial charge in [-0.05, 0) is 24.3 Å². The number of anilines is 1. The van der Waals surface area contributed by atoms with Crippen LogP contribution in [0.1, 0.15) is 20.8 Å². The lowest BCUT2D eigenvalue weighted by Crippen LogP contribution is -2.15. The van der Waals surface area contributed by atoms with Gasteiger partial charge in [-0.15, -0.1) is 0 Å². The van der Waals surface area contributed by atoms with Crippen LogP contribution in [0.3, 0.4) is 0 Å². The lowest BCUT2D eigenvalue weighted by atomic mass is 9.93. The van der Waals surface area contributed by atoms with E-state index in [0.29, 0.717) is 5.65 Å². The Balaban J connectivity index is 1.54. The molecule has 0 saturated carbocycles. The number of hydrogen-bond donors (Lipinski definition) is 3. The maximum absolute atomic E-state index is 4.57. The van der Waals surface area contributed by atoms with Crippen molar-refractivity contribution >= 4 is 27.6 Å². The second-order valence-corrected chi connectivity index (χ2v) is 8.78. The summed E-state index contributed by atoms with van der Waals surface area (Å²) in [6.45, 7) is 10.5. The zero-order valence-corrected chi connectivity index (χ0v) is 17.8. The molecule has 4 heterocycles. The Kier molecular flexibility index (Phi) is 4.36. The highest BCUT2D eigenvalue weighted by molar-refractivity contribution is 5.96. The number of nitrogens with one attached hydrogen (secondary N) is 3. The Hall–Kier alpha value is -3.93. The molecule has 5 rings (SSSR count). The Morgan fingerprint density at radius 1 is 1.00 bits per heavy atom. The summed E-state index contributed by atoms with van der Waals surface area (Å²) in [4.78, 5) is 12.4. The smallest absolute Gasteiger partial charge is 0.181 e. The van der Waals surface area contributed by atoms with Gasteiger partial charge in [0.1, 0.15) is 0 Å². The third-order valence-electron chi connectivity index (χ3n) is 5.48. The Morgan fingerprint density at radius 3 is 2.61 bits per heavy atom. The highest BCUT2D eigenvalue weighted by Gasteiger charge is 2.16. The van der Waals surface area contributed by atoms with E-state index in [1.54, 1.807) is 6.20 Å². The van der Waals surface area contributed by atoms with Crippen molar-refractivity contribution in [2.75, 3.05) is 5.32 Å². The van der Waals surface area contributed by atoms with E-state index in [2.05, 4.69) is 88.1 Å². The van der Waals surface area contributed by atoms with Crippen LogP contribution in [-0.4, -0.2) is 25.1 Å². The SMILES string of the molecule is C=C(Nc1cncc(-c2cnc3n[nH]c(-c4cc5ccccc5[nH]4)c3c2)c1)C(C)(C)C. The van der Waals surface area contributed by atoms with Gasteiger partial charge in [-0.3, -0.25) is 10.1 Å². The van der Waals surface area contributed by atoms with Crippen molar-refractivity contribution in [3.05, 3.63) is 73.3 Å². The van der Waals surface area contributed by atoms with Gasteiger partial charge >= 0.3 is 0 Å². The summed E-state index contributed by atoms with van der Waals surface area (Å²) in [5.41, 5.74) is 7.43. The summed E-state index contributed by atoms with van der Waals surface area (Å²) in [7, 11) is 0. The molecular formula is C25H24N6. The molecule has 0 aliphatic carbocycles. The van der Waals surface area contributed by atoms with Crippen molar-refractivity contribution in [3.63, 3.8) is 0 Å². The predicted octanol–water partition coefficient (Wildman–Crippen LogP) is 6.14. The van der Waals surface area contributed by atoms with Gasteiger partial charge in [-0.1, -0.05) is 45.5 Å². The van der Waals surface area contributed by atoms with Crippen molar-refractivity contribution in [1.29, 1.82) is 0 Å². The van der Waals surface area contributed by atoms with Crippen molar-refractivity contribution < 1.29 is 0 Å². The van der Waals surface area contributed by atoms with Gasteiger partial charge in [0.25, 0.3) is 0 Å². The molecule has 6 heteroatoms. The van der Waals surface area contributed by atoms with E-state index in [1.807, 2.05) is 24.5 Å². The monoisotopic (exact) mass is 408 g/mol. The minimum atomic E-state index is -0.0399. The number of allylic oxidation sites excluding steroid dienone is 1. The van der Waals surface area contributed by atoms with Crippen LogP contribution < -0.4 is 5.32 Å². The molecule has 3 N–H and O–H groups in total. The van der Waals surface area contributed by atoms with Gasteiger partial charge in [-0.2, -0.15) is 5.10 Å². The summed E-state index contributed by atoms with van der Waals surface area (Å²) in [6, 6.07) is 14.5. The molecule has 0 radical (unpaired) electrons. The number of para-hydroxylation sites is 1. The molecule has 1 aromatic carbocycles. The van der Waals surface area contributed by atoms with E-state index in [4.69, 9.17) is 0 Å². The fourth-order valence-corrected chi connectivity index (χ4v) is 3.50. The van der Waals surface area contributed by atoms with Crippen LogP contribution >= 0.6 is 0 Å². The third-order valence-corrected chi connectivity index (χ3v) is 5.48. The molecule has 154 valence electrons. The highest BCUT2D eigenvalue weighted by atomic mass is 15.2. The number of pyridine rings is 2. The van der Waals surface area contributed by atoms with Gasteiger partial charge in [-0.25, -0.2) is 4.98 Å². The van der Waals surface area contributed by atoms with Gasteiger partial charge in [0.15, 0.2) is 5.65 Å². The number of aromatic amines is 2. The molecule has 31 heavy (non-hydrogen) atoms. The maximum Gasteiger partial charge on any atom is 0.181 e. The number of H-pyrrole nitrogens is 2. The normalized spacial score (nSPS) is 11.8. The topological polar surface area (TPSA) is 82.3 Å². The fourth-order valence-electron chi connectivity index (χ4n) is 3.50. The minimum Gasteiger partial charge on any atom is -0.358 e. The predicted molar refractivity (Wildman–Crippen MR) is 127 cm³/mol. The Morgan fingerprint density at radius 2 is 1.81 bits per heavy atom. The summed E-state index contributed by atoms with van der Waals surface area (Å²) < 4.78 is 0. The Bertz CT molecular complexity index is 1380. The van der Waals surface area contributed by atoms with Crippen LogP contribution in [0, 0.1) is 5.41 Å². The van der Waals surface area contributed by atoms with Crippen molar-refractivity contribution in [1.82, 2.24) is 25.1 Å². The zero-order chi connectivity index (χ0) is 21.6. The van der Waals surface area contributed by atoms with Gasteiger partial charge < -0.3 is 10.3 Å². The second-order valence-electron chi connectivity index (χ2n) is 8.78.